The summed E-state index contributed by atoms with van der Waals surface area (Å²) in [5, 5.41) is 2.83. The van der Waals surface area contributed by atoms with E-state index in [2.05, 4.69) is 10.3 Å². The van der Waals surface area contributed by atoms with E-state index < -0.39 is 6.04 Å². The summed E-state index contributed by atoms with van der Waals surface area (Å²) in [6.07, 6.45) is 6.30. The van der Waals surface area contributed by atoms with Gasteiger partial charge < -0.3 is 15.6 Å². The van der Waals surface area contributed by atoms with Crippen molar-refractivity contribution in [1.29, 1.82) is 0 Å². The second-order valence-electron chi connectivity index (χ2n) is 4.21. The number of hydrogen-bond acceptors (Lipinski definition) is 3. The predicted molar refractivity (Wildman–Crippen MR) is 62.7 cm³/mol. The summed E-state index contributed by atoms with van der Waals surface area (Å²) in [5.41, 5.74) is 5.71. The molecular weight excluding hydrogens is 204 g/mol. The van der Waals surface area contributed by atoms with Crippen molar-refractivity contribution in [2.45, 2.75) is 32.9 Å². The van der Waals surface area contributed by atoms with Gasteiger partial charge in [-0.1, -0.05) is 13.8 Å². The highest BCUT2D eigenvalue weighted by Crippen LogP contribution is 1.97. The maximum atomic E-state index is 11.5. The molecule has 0 fully saturated rings. The highest BCUT2D eigenvalue weighted by Gasteiger charge is 2.15. The second kappa shape index (κ2) is 6.27. The van der Waals surface area contributed by atoms with Gasteiger partial charge in [-0.3, -0.25) is 4.79 Å². The van der Waals surface area contributed by atoms with Gasteiger partial charge in [0, 0.05) is 25.5 Å². The molecule has 0 bridgehead atoms. The first-order valence-electron chi connectivity index (χ1n) is 5.60. The van der Waals surface area contributed by atoms with Gasteiger partial charge in [0.2, 0.25) is 5.91 Å². The van der Waals surface area contributed by atoms with Crippen LogP contribution in [0.1, 0.15) is 20.3 Å². The standard InChI is InChI=1S/C11H20N4O/c1-9(2)10(12)11(16)14-4-3-6-15-7-5-13-8-15/h5,7-10H,3-4,6,12H2,1-2H3,(H,14,16)/t10-/m1/s1. The van der Waals surface area contributed by atoms with E-state index in [1.165, 1.54) is 0 Å². The van der Waals surface area contributed by atoms with Crippen molar-refractivity contribution in [3.05, 3.63) is 18.7 Å². The van der Waals surface area contributed by atoms with Crippen molar-refractivity contribution >= 4 is 5.91 Å². The molecule has 3 N–H and O–H groups in total. The number of nitrogens with zero attached hydrogens (tertiary/aromatic N) is 2. The molecule has 1 heterocycles. The van der Waals surface area contributed by atoms with Crippen molar-refractivity contribution in [1.82, 2.24) is 14.9 Å². The lowest BCUT2D eigenvalue weighted by molar-refractivity contribution is -0.123. The first kappa shape index (κ1) is 12.7. The van der Waals surface area contributed by atoms with Crippen LogP contribution < -0.4 is 11.1 Å². The Morgan fingerprint density at radius 1 is 1.56 bits per heavy atom. The van der Waals surface area contributed by atoms with Crippen molar-refractivity contribution in [2.24, 2.45) is 11.7 Å². The largest absolute Gasteiger partial charge is 0.355 e. The average molecular weight is 224 g/mol. The normalized spacial score (nSPS) is 12.8. The average Bonchev–Trinajstić information content (AvgIpc) is 2.75. The lowest BCUT2D eigenvalue weighted by Crippen LogP contribution is -2.44. The van der Waals surface area contributed by atoms with E-state index in [1.54, 1.807) is 12.5 Å². The van der Waals surface area contributed by atoms with E-state index in [0.717, 1.165) is 13.0 Å². The Bertz CT molecular complexity index is 308. The number of amides is 1. The first-order valence-corrected chi connectivity index (χ1v) is 5.60. The minimum atomic E-state index is -0.409. The van der Waals surface area contributed by atoms with Gasteiger partial charge in [-0.15, -0.1) is 0 Å². The molecule has 1 amide bonds. The molecule has 90 valence electrons. The van der Waals surface area contributed by atoms with Crippen molar-refractivity contribution in [3.8, 4) is 0 Å². The molecule has 5 heteroatoms. The molecule has 16 heavy (non-hydrogen) atoms. The smallest absolute Gasteiger partial charge is 0.237 e. The summed E-state index contributed by atoms with van der Waals surface area (Å²) in [6, 6.07) is -0.409. The van der Waals surface area contributed by atoms with Crippen molar-refractivity contribution in [2.75, 3.05) is 6.54 Å². The quantitative estimate of drug-likeness (QED) is 0.686. The highest BCUT2D eigenvalue weighted by molar-refractivity contribution is 5.81. The fourth-order valence-electron chi connectivity index (χ4n) is 1.31. The van der Waals surface area contributed by atoms with E-state index in [0.29, 0.717) is 6.54 Å². The Morgan fingerprint density at radius 3 is 2.88 bits per heavy atom. The van der Waals surface area contributed by atoms with Crippen LogP contribution in [0.15, 0.2) is 18.7 Å². The summed E-state index contributed by atoms with van der Waals surface area (Å²) < 4.78 is 1.98. The van der Waals surface area contributed by atoms with Crippen LogP contribution in [-0.2, 0) is 11.3 Å². The number of carbonyl (C=O) groups excluding carboxylic acids is 1. The maximum Gasteiger partial charge on any atom is 0.237 e. The van der Waals surface area contributed by atoms with E-state index >= 15 is 0 Å². The van der Waals surface area contributed by atoms with Crippen LogP contribution >= 0.6 is 0 Å². The number of aryl methyl sites for hydroxylation is 1. The van der Waals surface area contributed by atoms with Crippen LogP contribution in [0, 0.1) is 5.92 Å². The molecule has 0 aromatic carbocycles. The van der Waals surface area contributed by atoms with Crippen molar-refractivity contribution in [3.63, 3.8) is 0 Å². The second-order valence-corrected chi connectivity index (χ2v) is 4.21. The molecule has 0 saturated heterocycles. The lowest BCUT2D eigenvalue weighted by Gasteiger charge is -2.15. The fraction of sp³-hybridized carbons (Fsp3) is 0.636. The summed E-state index contributed by atoms with van der Waals surface area (Å²) in [4.78, 5) is 15.4. The zero-order valence-electron chi connectivity index (χ0n) is 9.89. The Kier molecular flexibility index (Phi) is 4.98. The van der Waals surface area contributed by atoms with Crippen LogP contribution in [0.3, 0.4) is 0 Å². The first-order chi connectivity index (χ1) is 7.61. The van der Waals surface area contributed by atoms with Crippen LogP contribution in [0.5, 0.6) is 0 Å². The molecule has 1 rings (SSSR count). The molecule has 0 unspecified atom stereocenters. The summed E-state index contributed by atoms with van der Waals surface area (Å²) in [6.45, 7) is 5.39. The van der Waals surface area contributed by atoms with Crippen LogP contribution in [0.25, 0.3) is 0 Å². The van der Waals surface area contributed by atoms with Gasteiger partial charge in [-0.2, -0.15) is 0 Å². The third-order valence-corrected chi connectivity index (χ3v) is 2.47. The Hall–Kier alpha value is -1.36. The zero-order valence-corrected chi connectivity index (χ0v) is 9.89. The molecule has 0 aliphatic carbocycles. The van der Waals surface area contributed by atoms with Gasteiger partial charge in [0.05, 0.1) is 12.4 Å². The lowest BCUT2D eigenvalue weighted by atomic mass is 10.1. The van der Waals surface area contributed by atoms with Gasteiger partial charge in [-0.05, 0) is 12.3 Å². The van der Waals surface area contributed by atoms with E-state index in [1.807, 2.05) is 24.6 Å². The Balaban J connectivity index is 2.13. The number of hydrogen-bond donors (Lipinski definition) is 2. The molecular formula is C11H20N4O. The van der Waals surface area contributed by atoms with Crippen molar-refractivity contribution < 1.29 is 4.79 Å². The number of imidazole rings is 1. The highest BCUT2D eigenvalue weighted by atomic mass is 16.2. The van der Waals surface area contributed by atoms with Gasteiger partial charge in [0.15, 0.2) is 0 Å². The molecule has 0 aliphatic heterocycles. The summed E-state index contributed by atoms with van der Waals surface area (Å²) in [7, 11) is 0. The van der Waals surface area contributed by atoms with Gasteiger partial charge >= 0.3 is 0 Å². The molecule has 1 atom stereocenters. The van der Waals surface area contributed by atoms with E-state index in [-0.39, 0.29) is 11.8 Å². The summed E-state index contributed by atoms with van der Waals surface area (Å²) >= 11 is 0. The SMILES string of the molecule is CC(C)[C@@H](N)C(=O)NCCCn1ccnc1. The molecule has 0 saturated carbocycles. The number of rotatable bonds is 6. The van der Waals surface area contributed by atoms with Gasteiger partial charge in [0.25, 0.3) is 0 Å². The molecule has 1 aromatic rings. The number of nitrogens with one attached hydrogen (secondary N) is 1. The van der Waals surface area contributed by atoms with Crippen LogP contribution in [0.4, 0.5) is 0 Å². The Labute approximate surface area is 96.0 Å². The molecule has 0 spiro atoms. The van der Waals surface area contributed by atoms with E-state index in [9.17, 15) is 4.79 Å². The molecule has 0 radical (unpaired) electrons. The summed E-state index contributed by atoms with van der Waals surface area (Å²) in [5.74, 6) is 0.106. The third kappa shape index (κ3) is 4.02. The molecule has 0 aliphatic rings. The van der Waals surface area contributed by atoms with Crippen LogP contribution in [0.2, 0.25) is 0 Å². The van der Waals surface area contributed by atoms with Crippen LogP contribution in [-0.4, -0.2) is 28.0 Å². The monoisotopic (exact) mass is 224 g/mol. The zero-order chi connectivity index (χ0) is 12.0. The predicted octanol–water partition coefficient (Wildman–Crippen LogP) is 0.373. The minimum Gasteiger partial charge on any atom is -0.355 e. The fourth-order valence-corrected chi connectivity index (χ4v) is 1.31. The number of aromatic nitrogens is 2. The van der Waals surface area contributed by atoms with Gasteiger partial charge in [-0.25, -0.2) is 4.98 Å². The van der Waals surface area contributed by atoms with E-state index in [4.69, 9.17) is 5.73 Å². The maximum absolute atomic E-state index is 11.5. The molecule has 5 nitrogen and oxygen atoms in total. The minimum absolute atomic E-state index is 0.0689. The number of carbonyl (C=O) groups is 1. The number of nitrogens with two attached hydrogens (primary N) is 1. The molecule has 1 aromatic heterocycles. The van der Waals surface area contributed by atoms with Gasteiger partial charge in [0.1, 0.15) is 0 Å². The third-order valence-electron chi connectivity index (χ3n) is 2.47. The topological polar surface area (TPSA) is 72.9 Å². The Morgan fingerprint density at radius 2 is 2.31 bits per heavy atom.